The van der Waals surface area contributed by atoms with Crippen LogP contribution in [0.2, 0.25) is 0 Å². The Hall–Kier alpha value is -7.16. The smallest absolute Gasteiger partial charge is 0.161 e. The minimum Gasteiger partial charge on any atom is -0.228 e. The number of rotatable bonds is 5. The molecule has 1 aromatic heterocycles. The van der Waals surface area contributed by atoms with Gasteiger partial charge in [0.2, 0.25) is 0 Å². The fourth-order valence-corrected chi connectivity index (χ4v) is 9.40. The summed E-state index contributed by atoms with van der Waals surface area (Å²) in [6, 6.07) is 70.0. The van der Waals surface area contributed by atoms with Gasteiger partial charge in [0.05, 0.1) is 11.4 Å². The second-order valence-corrected chi connectivity index (χ2v) is 15.7. The molecule has 0 N–H and O–H groups in total. The molecule has 0 fully saturated rings. The van der Waals surface area contributed by atoms with Crippen molar-refractivity contribution in [3.63, 3.8) is 0 Å². The van der Waals surface area contributed by atoms with Crippen LogP contribution in [-0.2, 0) is 5.41 Å². The summed E-state index contributed by atoms with van der Waals surface area (Å²) in [5.41, 5.74) is 15.0. The van der Waals surface area contributed by atoms with Crippen molar-refractivity contribution in [2.45, 2.75) is 19.3 Å². The Balaban J connectivity index is 1.09. The van der Waals surface area contributed by atoms with Crippen LogP contribution >= 0.6 is 0 Å². The summed E-state index contributed by atoms with van der Waals surface area (Å²) in [6.07, 6.45) is 0. The van der Waals surface area contributed by atoms with Crippen molar-refractivity contribution in [3.8, 4) is 67.3 Å². The van der Waals surface area contributed by atoms with Gasteiger partial charge in [0.1, 0.15) is 0 Å². The van der Waals surface area contributed by atoms with Crippen LogP contribution in [0.1, 0.15) is 25.0 Å². The van der Waals surface area contributed by atoms with E-state index in [1.165, 1.54) is 65.9 Å². The van der Waals surface area contributed by atoms with Crippen molar-refractivity contribution in [1.82, 2.24) is 9.97 Å². The molecule has 0 amide bonds. The molecule has 1 aliphatic carbocycles. The van der Waals surface area contributed by atoms with E-state index in [4.69, 9.17) is 9.97 Å². The lowest BCUT2D eigenvalue weighted by Gasteiger charge is -2.25. The van der Waals surface area contributed by atoms with E-state index in [9.17, 15) is 0 Å². The third kappa shape index (κ3) is 5.33. The average molecular weight is 727 g/mol. The van der Waals surface area contributed by atoms with Crippen molar-refractivity contribution in [2.24, 2.45) is 0 Å². The number of benzene rings is 9. The van der Waals surface area contributed by atoms with Gasteiger partial charge in [-0.05, 0) is 95.0 Å². The first-order chi connectivity index (χ1) is 28.0. The first-order valence-electron chi connectivity index (χ1n) is 19.7. The van der Waals surface area contributed by atoms with Crippen LogP contribution < -0.4 is 0 Å². The van der Waals surface area contributed by atoms with Gasteiger partial charge in [-0.25, -0.2) is 9.97 Å². The van der Waals surface area contributed by atoms with E-state index in [1.807, 2.05) is 0 Å². The number of hydrogen-bond donors (Lipinski definition) is 0. The molecule has 0 aliphatic heterocycles. The molecular formula is C55H38N2. The second-order valence-electron chi connectivity index (χ2n) is 15.7. The molecule has 1 aliphatic rings. The Bertz CT molecular complexity index is 3210. The molecule has 0 saturated carbocycles. The Labute approximate surface area is 332 Å². The quantitative estimate of drug-likeness (QED) is 0.176. The van der Waals surface area contributed by atoms with Crippen molar-refractivity contribution in [1.29, 1.82) is 0 Å². The highest BCUT2D eigenvalue weighted by molar-refractivity contribution is 6.08. The summed E-state index contributed by atoms with van der Waals surface area (Å²) in [7, 11) is 0. The van der Waals surface area contributed by atoms with Crippen LogP contribution in [0.4, 0.5) is 0 Å². The third-order valence-electron chi connectivity index (χ3n) is 12.1. The van der Waals surface area contributed by atoms with Gasteiger partial charge in [0.25, 0.3) is 0 Å². The SMILES string of the molecule is CC1(C)c2ccc3ccccc3c2-c2cccc(-c3ccc(-c4nc(-c5ccccc5)cc(-c5cccc(-c6cccc7ccccc67)c5)n4)c4ccccc34)c21. The van der Waals surface area contributed by atoms with E-state index in [0.717, 1.165) is 39.0 Å². The van der Waals surface area contributed by atoms with E-state index in [1.54, 1.807) is 0 Å². The zero-order chi connectivity index (χ0) is 38.1. The number of hydrogen-bond acceptors (Lipinski definition) is 2. The topological polar surface area (TPSA) is 25.8 Å². The molecular weight excluding hydrogens is 689 g/mol. The van der Waals surface area contributed by atoms with Crippen LogP contribution in [-0.4, -0.2) is 9.97 Å². The van der Waals surface area contributed by atoms with E-state index in [0.29, 0.717) is 5.82 Å². The number of fused-ring (bicyclic) bond motifs is 7. The average Bonchev–Trinajstić information content (AvgIpc) is 3.52. The van der Waals surface area contributed by atoms with Gasteiger partial charge in [-0.1, -0.05) is 190 Å². The fourth-order valence-electron chi connectivity index (χ4n) is 9.40. The summed E-state index contributed by atoms with van der Waals surface area (Å²) in [5.74, 6) is 0.710. The lowest BCUT2D eigenvalue weighted by molar-refractivity contribution is 0.662. The van der Waals surface area contributed by atoms with Crippen LogP contribution in [0.5, 0.6) is 0 Å². The molecule has 0 bridgehead atoms. The zero-order valence-corrected chi connectivity index (χ0v) is 31.9. The summed E-state index contributed by atoms with van der Waals surface area (Å²) in [6.45, 7) is 4.76. The first kappa shape index (κ1) is 33.2. The maximum atomic E-state index is 5.37. The molecule has 0 atom stereocenters. The minimum absolute atomic E-state index is 0.173. The molecule has 10 aromatic rings. The van der Waals surface area contributed by atoms with Crippen LogP contribution in [0, 0.1) is 0 Å². The molecule has 0 radical (unpaired) electrons. The van der Waals surface area contributed by atoms with Gasteiger partial charge in [0, 0.05) is 22.1 Å². The molecule has 0 saturated heterocycles. The maximum Gasteiger partial charge on any atom is 0.161 e. The first-order valence-corrected chi connectivity index (χ1v) is 19.7. The van der Waals surface area contributed by atoms with Crippen molar-refractivity contribution in [3.05, 3.63) is 205 Å². The van der Waals surface area contributed by atoms with Crippen LogP contribution in [0.15, 0.2) is 194 Å². The normalized spacial score (nSPS) is 12.9. The molecule has 57 heavy (non-hydrogen) atoms. The summed E-state index contributed by atoms with van der Waals surface area (Å²) >= 11 is 0. The maximum absolute atomic E-state index is 5.37. The summed E-state index contributed by atoms with van der Waals surface area (Å²) < 4.78 is 0. The van der Waals surface area contributed by atoms with Crippen LogP contribution in [0.25, 0.3) is 99.6 Å². The molecule has 2 heteroatoms. The fraction of sp³-hybridized carbons (Fsp3) is 0.0545. The largest absolute Gasteiger partial charge is 0.228 e. The standard InChI is InChI=1S/C55H38N2/c1-55(2)49-32-29-36-16-7-9-23-42(36)52(49)48-28-14-27-46(53(48)55)45-30-31-47(44-25-11-10-24-43(44)45)54-56-50(37-17-4-3-5-18-37)34-51(57-54)39-21-12-20-38(33-39)41-26-13-19-35-15-6-8-22-40(35)41/h3-34H,1-2H3. The van der Waals surface area contributed by atoms with Gasteiger partial charge in [-0.2, -0.15) is 0 Å². The van der Waals surface area contributed by atoms with E-state index >= 15 is 0 Å². The molecule has 0 unspecified atom stereocenters. The predicted octanol–water partition coefficient (Wildman–Crippen LogP) is 14.6. The monoisotopic (exact) mass is 726 g/mol. The van der Waals surface area contributed by atoms with Gasteiger partial charge >= 0.3 is 0 Å². The zero-order valence-electron chi connectivity index (χ0n) is 31.9. The van der Waals surface area contributed by atoms with Gasteiger partial charge in [-0.15, -0.1) is 0 Å². The van der Waals surface area contributed by atoms with E-state index < -0.39 is 0 Å². The predicted molar refractivity (Wildman–Crippen MR) is 239 cm³/mol. The molecule has 0 spiro atoms. The molecule has 9 aromatic carbocycles. The molecule has 11 rings (SSSR count). The Morgan fingerprint density at radius 1 is 0.351 bits per heavy atom. The van der Waals surface area contributed by atoms with Gasteiger partial charge in [0.15, 0.2) is 5.82 Å². The minimum atomic E-state index is -0.173. The molecule has 1 heterocycles. The highest BCUT2D eigenvalue weighted by Gasteiger charge is 2.38. The van der Waals surface area contributed by atoms with E-state index in [-0.39, 0.29) is 5.41 Å². The van der Waals surface area contributed by atoms with Gasteiger partial charge in [-0.3, -0.25) is 0 Å². The van der Waals surface area contributed by atoms with Crippen molar-refractivity contribution in [2.75, 3.05) is 0 Å². The van der Waals surface area contributed by atoms with Crippen molar-refractivity contribution < 1.29 is 0 Å². The molecule has 268 valence electrons. The second kappa shape index (κ2) is 13.0. The number of nitrogens with zero attached hydrogens (tertiary/aromatic N) is 2. The summed E-state index contributed by atoms with van der Waals surface area (Å²) in [4.78, 5) is 10.7. The van der Waals surface area contributed by atoms with Crippen LogP contribution in [0.3, 0.4) is 0 Å². The number of aromatic nitrogens is 2. The molecule has 2 nitrogen and oxygen atoms in total. The van der Waals surface area contributed by atoms with Gasteiger partial charge < -0.3 is 0 Å². The lowest BCUT2D eigenvalue weighted by atomic mass is 9.78. The Morgan fingerprint density at radius 2 is 0.895 bits per heavy atom. The van der Waals surface area contributed by atoms with E-state index in [2.05, 4.69) is 208 Å². The summed E-state index contributed by atoms with van der Waals surface area (Å²) in [5, 5.41) is 7.38. The third-order valence-corrected chi connectivity index (χ3v) is 12.1. The highest BCUT2D eigenvalue weighted by atomic mass is 14.9. The Morgan fingerprint density at radius 3 is 1.70 bits per heavy atom. The van der Waals surface area contributed by atoms with Crippen molar-refractivity contribution >= 4 is 32.3 Å². The Kier molecular flexibility index (Phi) is 7.55. The highest BCUT2D eigenvalue weighted by Crippen LogP contribution is 2.55. The lowest BCUT2D eigenvalue weighted by Crippen LogP contribution is -2.16.